The maximum atomic E-state index is 11.1. The Bertz CT molecular complexity index is 582. The van der Waals surface area contributed by atoms with Gasteiger partial charge in [0.05, 0.1) is 12.0 Å². The lowest BCUT2D eigenvalue weighted by atomic mass is 9.99. The van der Waals surface area contributed by atoms with E-state index in [2.05, 4.69) is 15.5 Å². The Balaban J connectivity index is 2.31. The number of aromatic nitrogens is 4. The molecule has 3 atom stereocenters. The number of carboxylic acid groups (broad SMARTS) is 1. The first-order chi connectivity index (χ1) is 9.52. The van der Waals surface area contributed by atoms with Crippen LogP contribution in [-0.2, 0) is 4.79 Å². The van der Waals surface area contributed by atoms with E-state index in [1.54, 1.807) is 11.6 Å². The number of nitrogens with zero attached hydrogens (tertiary/aromatic N) is 4. The van der Waals surface area contributed by atoms with Gasteiger partial charge in [-0.3, -0.25) is 4.79 Å². The van der Waals surface area contributed by atoms with Crippen molar-refractivity contribution in [2.24, 2.45) is 5.92 Å². The third-order valence-corrected chi connectivity index (χ3v) is 3.70. The molecule has 0 bridgehead atoms. The quantitative estimate of drug-likeness (QED) is 0.903. The van der Waals surface area contributed by atoms with Gasteiger partial charge in [-0.25, -0.2) is 4.68 Å². The Kier molecular flexibility index (Phi) is 4.12. The van der Waals surface area contributed by atoms with Gasteiger partial charge in [-0.2, -0.15) is 0 Å². The Morgan fingerprint density at radius 1 is 1.20 bits per heavy atom. The van der Waals surface area contributed by atoms with Crippen molar-refractivity contribution in [3.05, 3.63) is 41.7 Å². The van der Waals surface area contributed by atoms with Gasteiger partial charge in [0, 0.05) is 5.92 Å². The van der Waals surface area contributed by atoms with Crippen LogP contribution in [0.5, 0.6) is 0 Å². The van der Waals surface area contributed by atoms with Crippen molar-refractivity contribution >= 4 is 5.97 Å². The average molecular weight is 274 g/mol. The highest BCUT2D eigenvalue weighted by Gasteiger charge is 2.26. The van der Waals surface area contributed by atoms with Gasteiger partial charge in [-0.1, -0.05) is 37.3 Å². The number of benzene rings is 1. The summed E-state index contributed by atoms with van der Waals surface area (Å²) in [4.78, 5) is 11.1. The number of carboxylic acids is 1. The molecule has 1 heterocycles. The molecule has 1 aromatic carbocycles. The Morgan fingerprint density at radius 2 is 1.85 bits per heavy atom. The summed E-state index contributed by atoms with van der Waals surface area (Å²) in [5, 5.41) is 20.8. The van der Waals surface area contributed by atoms with E-state index in [1.165, 1.54) is 0 Å². The molecule has 0 saturated carbocycles. The average Bonchev–Trinajstić information content (AvgIpc) is 2.95. The van der Waals surface area contributed by atoms with Gasteiger partial charge in [0.1, 0.15) is 0 Å². The van der Waals surface area contributed by atoms with E-state index in [-0.39, 0.29) is 12.0 Å². The third kappa shape index (κ3) is 2.68. The van der Waals surface area contributed by atoms with E-state index in [1.807, 2.05) is 44.2 Å². The molecule has 0 spiro atoms. The smallest absolute Gasteiger partial charge is 0.308 e. The molecular weight excluding hydrogens is 256 g/mol. The summed E-state index contributed by atoms with van der Waals surface area (Å²) < 4.78 is 1.61. The molecule has 3 unspecified atom stereocenters. The first-order valence-corrected chi connectivity index (χ1v) is 6.58. The van der Waals surface area contributed by atoms with Crippen molar-refractivity contribution in [1.82, 2.24) is 20.2 Å². The predicted molar refractivity (Wildman–Crippen MR) is 73.3 cm³/mol. The maximum Gasteiger partial charge on any atom is 0.308 e. The van der Waals surface area contributed by atoms with Crippen molar-refractivity contribution < 1.29 is 9.90 Å². The second-order valence-corrected chi connectivity index (χ2v) is 4.98. The van der Waals surface area contributed by atoms with Gasteiger partial charge < -0.3 is 5.11 Å². The second-order valence-electron chi connectivity index (χ2n) is 4.98. The molecule has 0 saturated heterocycles. The van der Waals surface area contributed by atoms with E-state index < -0.39 is 11.9 Å². The third-order valence-electron chi connectivity index (χ3n) is 3.70. The van der Waals surface area contributed by atoms with Crippen molar-refractivity contribution in [3.8, 4) is 0 Å². The van der Waals surface area contributed by atoms with Crippen LogP contribution >= 0.6 is 0 Å². The molecule has 106 valence electrons. The highest BCUT2D eigenvalue weighted by Crippen LogP contribution is 2.25. The molecule has 2 aromatic rings. The van der Waals surface area contributed by atoms with Gasteiger partial charge in [-0.15, -0.1) is 5.10 Å². The number of tetrazole rings is 1. The van der Waals surface area contributed by atoms with Crippen molar-refractivity contribution in [1.29, 1.82) is 0 Å². The number of aliphatic carboxylic acids is 1. The molecule has 1 N–H and O–H groups in total. The predicted octanol–water partition coefficient (Wildman–Crippen LogP) is 2.11. The molecule has 0 aliphatic heterocycles. The molecule has 0 fully saturated rings. The topological polar surface area (TPSA) is 80.9 Å². The Labute approximate surface area is 117 Å². The van der Waals surface area contributed by atoms with Gasteiger partial charge in [0.15, 0.2) is 5.82 Å². The summed E-state index contributed by atoms with van der Waals surface area (Å²) >= 11 is 0. The lowest BCUT2D eigenvalue weighted by molar-refractivity contribution is -0.142. The van der Waals surface area contributed by atoms with Crippen molar-refractivity contribution in [2.45, 2.75) is 32.7 Å². The summed E-state index contributed by atoms with van der Waals surface area (Å²) in [6, 6.07) is 9.59. The van der Waals surface area contributed by atoms with Crippen LogP contribution in [0.3, 0.4) is 0 Å². The Hall–Kier alpha value is -2.24. The fourth-order valence-corrected chi connectivity index (χ4v) is 2.08. The minimum Gasteiger partial charge on any atom is -0.481 e. The molecule has 2 rings (SSSR count). The summed E-state index contributed by atoms with van der Waals surface area (Å²) in [5.41, 5.74) is 1.10. The largest absolute Gasteiger partial charge is 0.481 e. The summed E-state index contributed by atoms with van der Waals surface area (Å²) in [7, 11) is 0. The minimum absolute atomic E-state index is 0.00893. The molecule has 0 aliphatic carbocycles. The summed E-state index contributed by atoms with van der Waals surface area (Å²) in [5.74, 6) is -0.724. The van der Waals surface area contributed by atoms with Crippen LogP contribution < -0.4 is 0 Å². The highest BCUT2D eigenvalue weighted by molar-refractivity contribution is 5.70. The van der Waals surface area contributed by atoms with E-state index >= 15 is 0 Å². The molecule has 20 heavy (non-hydrogen) atoms. The second kappa shape index (κ2) is 5.81. The molecule has 0 aliphatic rings. The maximum absolute atomic E-state index is 11.1. The molecule has 0 amide bonds. The standard InChI is InChI=1S/C14H18N4O2/c1-9(14(19)20)11(3)18-13(15-16-17-18)10(2)12-7-5-4-6-8-12/h4-11H,1-3H3,(H,19,20). The summed E-state index contributed by atoms with van der Waals surface area (Å²) in [6.45, 7) is 5.48. The number of rotatable bonds is 5. The summed E-state index contributed by atoms with van der Waals surface area (Å²) in [6.07, 6.45) is 0. The first kappa shape index (κ1) is 14.2. The van der Waals surface area contributed by atoms with Gasteiger partial charge in [0.25, 0.3) is 0 Å². The zero-order valence-corrected chi connectivity index (χ0v) is 11.8. The van der Waals surface area contributed by atoms with Crippen LogP contribution in [0.15, 0.2) is 30.3 Å². The van der Waals surface area contributed by atoms with Crippen molar-refractivity contribution in [2.75, 3.05) is 0 Å². The lowest BCUT2D eigenvalue weighted by Gasteiger charge is -2.19. The monoisotopic (exact) mass is 274 g/mol. The van der Waals surface area contributed by atoms with E-state index in [0.29, 0.717) is 5.82 Å². The highest BCUT2D eigenvalue weighted by atomic mass is 16.4. The fourth-order valence-electron chi connectivity index (χ4n) is 2.08. The fraction of sp³-hybridized carbons (Fsp3) is 0.429. The van der Waals surface area contributed by atoms with Gasteiger partial charge in [-0.05, 0) is 29.8 Å². The lowest BCUT2D eigenvalue weighted by Crippen LogP contribution is -2.24. The van der Waals surface area contributed by atoms with Crippen LogP contribution in [-0.4, -0.2) is 31.3 Å². The zero-order chi connectivity index (χ0) is 14.7. The van der Waals surface area contributed by atoms with Gasteiger partial charge >= 0.3 is 5.97 Å². The van der Waals surface area contributed by atoms with Crippen LogP contribution in [0.25, 0.3) is 0 Å². The Morgan fingerprint density at radius 3 is 2.45 bits per heavy atom. The number of hydrogen-bond acceptors (Lipinski definition) is 4. The van der Waals surface area contributed by atoms with E-state index in [9.17, 15) is 4.79 Å². The van der Waals surface area contributed by atoms with E-state index in [0.717, 1.165) is 5.56 Å². The van der Waals surface area contributed by atoms with Crippen LogP contribution in [0, 0.1) is 5.92 Å². The molecular formula is C14H18N4O2. The first-order valence-electron chi connectivity index (χ1n) is 6.58. The minimum atomic E-state index is -0.855. The SMILES string of the molecule is CC(c1ccccc1)c1nnnn1C(C)C(C)C(=O)O. The molecule has 1 aromatic heterocycles. The molecule has 6 heteroatoms. The number of carbonyl (C=O) groups is 1. The normalized spacial score (nSPS) is 15.6. The van der Waals surface area contributed by atoms with Crippen LogP contribution in [0.2, 0.25) is 0 Å². The van der Waals surface area contributed by atoms with Gasteiger partial charge in [0.2, 0.25) is 0 Å². The molecule has 6 nitrogen and oxygen atoms in total. The molecule has 0 radical (unpaired) electrons. The zero-order valence-electron chi connectivity index (χ0n) is 11.8. The van der Waals surface area contributed by atoms with E-state index in [4.69, 9.17) is 5.11 Å². The van der Waals surface area contributed by atoms with Crippen LogP contribution in [0.4, 0.5) is 0 Å². The van der Waals surface area contributed by atoms with Crippen LogP contribution in [0.1, 0.15) is 44.1 Å². The number of hydrogen-bond donors (Lipinski definition) is 1. The van der Waals surface area contributed by atoms with Crippen molar-refractivity contribution in [3.63, 3.8) is 0 Å².